The van der Waals surface area contributed by atoms with E-state index in [-0.39, 0.29) is 0 Å². The van der Waals surface area contributed by atoms with Gasteiger partial charge in [-0.25, -0.2) is 0 Å². The van der Waals surface area contributed by atoms with Crippen molar-refractivity contribution in [3.05, 3.63) is 59.1 Å². The molecule has 21 heavy (non-hydrogen) atoms. The average Bonchev–Trinajstić information content (AvgIpc) is 3.01. The third-order valence-electron chi connectivity index (χ3n) is 2.70. The molecule has 2 aromatic heterocycles. The van der Waals surface area contributed by atoms with Crippen molar-refractivity contribution >= 4 is 33.4 Å². The quantitative estimate of drug-likeness (QED) is 0.735. The summed E-state index contributed by atoms with van der Waals surface area (Å²) in [6, 6.07) is 11.5. The molecular formula is C14H12BrN5O. The zero-order valence-corrected chi connectivity index (χ0v) is 12.5. The average molecular weight is 346 g/mol. The minimum Gasteiger partial charge on any atom is -0.467 e. The molecule has 106 valence electrons. The molecule has 0 aliphatic rings. The van der Waals surface area contributed by atoms with Gasteiger partial charge >= 0.3 is 0 Å². The van der Waals surface area contributed by atoms with E-state index in [0.29, 0.717) is 18.3 Å². The van der Waals surface area contributed by atoms with Gasteiger partial charge in [-0.1, -0.05) is 12.1 Å². The first-order valence-corrected chi connectivity index (χ1v) is 7.08. The first-order valence-electron chi connectivity index (χ1n) is 6.29. The number of rotatable bonds is 5. The van der Waals surface area contributed by atoms with E-state index in [1.165, 1.54) is 0 Å². The van der Waals surface area contributed by atoms with Crippen molar-refractivity contribution in [1.29, 1.82) is 0 Å². The third kappa shape index (κ3) is 3.57. The molecule has 0 radical (unpaired) electrons. The van der Waals surface area contributed by atoms with E-state index in [0.717, 1.165) is 15.9 Å². The van der Waals surface area contributed by atoms with Crippen molar-refractivity contribution in [2.45, 2.75) is 6.54 Å². The van der Waals surface area contributed by atoms with Crippen LogP contribution in [-0.2, 0) is 6.54 Å². The van der Waals surface area contributed by atoms with Gasteiger partial charge in [-0.2, -0.15) is 10.1 Å². The molecule has 0 fully saturated rings. The Bertz CT molecular complexity index is 717. The topological polar surface area (TPSA) is 75.9 Å². The predicted octanol–water partition coefficient (Wildman–Crippen LogP) is 3.58. The van der Waals surface area contributed by atoms with Gasteiger partial charge in [0.1, 0.15) is 5.76 Å². The van der Waals surface area contributed by atoms with Crippen LogP contribution in [0.5, 0.6) is 0 Å². The van der Waals surface area contributed by atoms with Crippen LogP contribution in [0.4, 0.5) is 17.5 Å². The SMILES string of the molecule is Brc1ccccc1Nc1nncc(NCc2ccco2)n1. The summed E-state index contributed by atoms with van der Waals surface area (Å²) in [4.78, 5) is 4.35. The molecule has 0 saturated carbocycles. The normalized spacial score (nSPS) is 10.3. The number of hydrogen-bond acceptors (Lipinski definition) is 6. The number of nitrogens with one attached hydrogen (secondary N) is 2. The number of para-hydroxylation sites is 1. The number of hydrogen-bond donors (Lipinski definition) is 2. The Morgan fingerprint density at radius 3 is 2.86 bits per heavy atom. The summed E-state index contributed by atoms with van der Waals surface area (Å²) in [7, 11) is 0. The first kappa shape index (κ1) is 13.6. The molecule has 2 heterocycles. The van der Waals surface area contributed by atoms with Gasteiger partial charge in [0.15, 0.2) is 5.82 Å². The zero-order chi connectivity index (χ0) is 14.5. The van der Waals surface area contributed by atoms with Crippen molar-refractivity contribution in [1.82, 2.24) is 15.2 Å². The fourth-order valence-electron chi connectivity index (χ4n) is 1.72. The molecule has 0 unspecified atom stereocenters. The molecular weight excluding hydrogens is 334 g/mol. The van der Waals surface area contributed by atoms with Crippen LogP contribution < -0.4 is 10.6 Å². The maximum atomic E-state index is 5.25. The lowest BCUT2D eigenvalue weighted by atomic mass is 10.3. The highest BCUT2D eigenvalue weighted by molar-refractivity contribution is 9.10. The van der Waals surface area contributed by atoms with Gasteiger partial charge in [-0.15, -0.1) is 5.10 Å². The summed E-state index contributed by atoms with van der Waals surface area (Å²) in [5, 5.41) is 14.1. The van der Waals surface area contributed by atoms with Crippen LogP contribution in [-0.4, -0.2) is 15.2 Å². The number of aromatic nitrogens is 3. The fraction of sp³-hybridized carbons (Fsp3) is 0.0714. The van der Waals surface area contributed by atoms with Crippen LogP contribution >= 0.6 is 15.9 Å². The zero-order valence-electron chi connectivity index (χ0n) is 11.0. The van der Waals surface area contributed by atoms with Crippen molar-refractivity contribution in [2.75, 3.05) is 10.6 Å². The van der Waals surface area contributed by atoms with Gasteiger partial charge in [-0.05, 0) is 40.2 Å². The lowest BCUT2D eigenvalue weighted by molar-refractivity contribution is 0.517. The summed E-state index contributed by atoms with van der Waals surface area (Å²) >= 11 is 3.46. The highest BCUT2D eigenvalue weighted by Crippen LogP contribution is 2.23. The molecule has 0 spiro atoms. The molecule has 7 heteroatoms. The van der Waals surface area contributed by atoms with Crippen LogP contribution in [0.3, 0.4) is 0 Å². The Balaban J connectivity index is 1.70. The number of nitrogens with zero attached hydrogens (tertiary/aromatic N) is 3. The standard InChI is InChI=1S/C14H12BrN5O/c15-11-5-1-2-6-12(11)18-14-19-13(9-17-20-14)16-8-10-4-3-7-21-10/h1-7,9H,8H2,(H2,16,18,19,20). The Hall–Kier alpha value is -2.41. The highest BCUT2D eigenvalue weighted by Gasteiger charge is 2.04. The van der Waals surface area contributed by atoms with Crippen LogP contribution in [0, 0.1) is 0 Å². The van der Waals surface area contributed by atoms with E-state index in [4.69, 9.17) is 4.42 Å². The van der Waals surface area contributed by atoms with Gasteiger partial charge in [0.05, 0.1) is 24.7 Å². The van der Waals surface area contributed by atoms with E-state index < -0.39 is 0 Å². The third-order valence-corrected chi connectivity index (χ3v) is 3.39. The van der Waals surface area contributed by atoms with Crippen LogP contribution in [0.1, 0.15) is 5.76 Å². The molecule has 0 aliphatic carbocycles. The number of anilines is 3. The Morgan fingerprint density at radius 2 is 2.05 bits per heavy atom. The number of halogens is 1. The molecule has 0 aliphatic heterocycles. The molecule has 0 atom stereocenters. The Morgan fingerprint density at radius 1 is 1.14 bits per heavy atom. The van der Waals surface area contributed by atoms with E-state index in [1.807, 2.05) is 36.4 Å². The summed E-state index contributed by atoms with van der Waals surface area (Å²) in [5.74, 6) is 1.87. The molecule has 0 amide bonds. The number of furan rings is 1. The second-order valence-corrected chi connectivity index (χ2v) is 5.06. The van der Waals surface area contributed by atoms with Crippen LogP contribution in [0.15, 0.2) is 57.7 Å². The molecule has 3 aromatic rings. The van der Waals surface area contributed by atoms with Crippen molar-refractivity contribution < 1.29 is 4.42 Å². The lowest BCUT2D eigenvalue weighted by Gasteiger charge is -2.08. The summed E-state index contributed by atoms with van der Waals surface area (Å²) in [6.07, 6.45) is 3.20. The number of benzene rings is 1. The van der Waals surface area contributed by atoms with E-state index in [1.54, 1.807) is 12.5 Å². The summed E-state index contributed by atoms with van der Waals surface area (Å²) in [5.41, 5.74) is 0.877. The summed E-state index contributed by atoms with van der Waals surface area (Å²) < 4.78 is 6.18. The van der Waals surface area contributed by atoms with Crippen molar-refractivity contribution in [2.24, 2.45) is 0 Å². The highest BCUT2D eigenvalue weighted by atomic mass is 79.9. The molecule has 0 bridgehead atoms. The van der Waals surface area contributed by atoms with Crippen LogP contribution in [0.2, 0.25) is 0 Å². The van der Waals surface area contributed by atoms with Gasteiger partial charge in [-0.3, -0.25) is 0 Å². The fourth-order valence-corrected chi connectivity index (χ4v) is 2.10. The minimum absolute atomic E-state index is 0.423. The predicted molar refractivity (Wildman–Crippen MR) is 83.3 cm³/mol. The molecule has 3 rings (SSSR count). The van der Waals surface area contributed by atoms with E-state index in [2.05, 4.69) is 41.7 Å². The summed E-state index contributed by atoms with van der Waals surface area (Å²) in [6.45, 7) is 0.542. The second-order valence-electron chi connectivity index (χ2n) is 4.20. The van der Waals surface area contributed by atoms with Gasteiger partial charge in [0, 0.05) is 4.47 Å². The van der Waals surface area contributed by atoms with Crippen LogP contribution in [0.25, 0.3) is 0 Å². The van der Waals surface area contributed by atoms with E-state index in [9.17, 15) is 0 Å². The molecule has 6 nitrogen and oxygen atoms in total. The van der Waals surface area contributed by atoms with Crippen molar-refractivity contribution in [3.63, 3.8) is 0 Å². The smallest absolute Gasteiger partial charge is 0.249 e. The monoisotopic (exact) mass is 345 g/mol. The van der Waals surface area contributed by atoms with Gasteiger partial charge in [0.25, 0.3) is 0 Å². The largest absolute Gasteiger partial charge is 0.467 e. The lowest BCUT2D eigenvalue weighted by Crippen LogP contribution is -2.05. The Labute approximate surface area is 129 Å². The molecule has 2 N–H and O–H groups in total. The first-order chi connectivity index (χ1) is 10.3. The van der Waals surface area contributed by atoms with Gasteiger partial charge in [0.2, 0.25) is 5.95 Å². The minimum atomic E-state index is 0.423. The van der Waals surface area contributed by atoms with E-state index >= 15 is 0 Å². The van der Waals surface area contributed by atoms with Crippen molar-refractivity contribution in [3.8, 4) is 0 Å². The molecule has 1 aromatic carbocycles. The molecule has 0 saturated heterocycles. The maximum Gasteiger partial charge on any atom is 0.249 e. The second kappa shape index (κ2) is 6.36. The van der Waals surface area contributed by atoms with Gasteiger partial charge < -0.3 is 15.1 Å². The maximum absolute atomic E-state index is 5.25. The Kier molecular flexibility index (Phi) is 4.11.